The number of benzene rings is 1. The molecule has 1 aliphatic rings. The van der Waals surface area contributed by atoms with Gasteiger partial charge in [0, 0.05) is 21.7 Å². The zero-order chi connectivity index (χ0) is 21.2. The molecule has 29 heavy (non-hydrogen) atoms. The number of anilines is 1. The van der Waals surface area contributed by atoms with E-state index in [4.69, 9.17) is 9.47 Å². The molecule has 0 spiro atoms. The van der Waals surface area contributed by atoms with Crippen LogP contribution in [0.3, 0.4) is 0 Å². The molecule has 3 rings (SSSR count). The zero-order valence-corrected chi connectivity index (χ0v) is 18.8. The second kappa shape index (κ2) is 8.67. The number of rotatable bonds is 6. The van der Waals surface area contributed by atoms with E-state index in [-0.39, 0.29) is 25.5 Å². The summed E-state index contributed by atoms with van der Waals surface area (Å²) in [5.74, 6) is -2.61. The highest BCUT2D eigenvalue weighted by molar-refractivity contribution is 9.10. The fourth-order valence-corrected chi connectivity index (χ4v) is 5.27. The molecule has 6 nitrogen and oxygen atoms in total. The summed E-state index contributed by atoms with van der Waals surface area (Å²) in [6.07, 6.45) is -0.00153. The van der Waals surface area contributed by atoms with Crippen LogP contribution < -0.4 is 4.90 Å². The van der Waals surface area contributed by atoms with Crippen molar-refractivity contribution in [3.05, 3.63) is 50.6 Å². The molecule has 154 valence electrons. The van der Waals surface area contributed by atoms with Crippen LogP contribution in [0.15, 0.2) is 40.2 Å². The summed E-state index contributed by atoms with van der Waals surface area (Å²) < 4.78 is 11.3. The molecule has 1 aromatic carbocycles. The van der Waals surface area contributed by atoms with Crippen LogP contribution in [0.1, 0.15) is 36.6 Å². The average molecular weight is 480 g/mol. The van der Waals surface area contributed by atoms with E-state index in [1.165, 1.54) is 16.2 Å². The van der Waals surface area contributed by atoms with E-state index in [0.29, 0.717) is 10.2 Å². The normalized spacial score (nSPS) is 18.0. The summed E-state index contributed by atoms with van der Waals surface area (Å²) in [5.41, 5.74) is -0.521. The molecule has 2 aromatic rings. The van der Waals surface area contributed by atoms with Crippen LogP contribution in [-0.4, -0.2) is 36.6 Å². The van der Waals surface area contributed by atoms with E-state index >= 15 is 0 Å². The van der Waals surface area contributed by atoms with Crippen LogP contribution in [-0.2, 0) is 23.9 Å². The monoisotopic (exact) mass is 479 g/mol. The van der Waals surface area contributed by atoms with Crippen molar-refractivity contribution in [2.24, 2.45) is 0 Å². The Bertz CT molecular complexity index is 909. The topological polar surface area (TPSA) is 72.9 Å². The summed E-state index contributed by atoms with van der Waals surface area (Å²) >= 11 is 4.88. The van der Waals surface area contributed by atoms with Gasteiger partial charge >= 0.3 is 11.9 Å². The van der Waals surface area contributed by atoms with E-state index in [0.717, 1.165) is 10.4 Å². The van der Waals surface area contributed by atoms with Crippen LogP contribution in [0.5, 0.6) is 0 Å². The lowest BCUT2D eigenvalue weighted by Crippen LogP contribution is -2.62. The van der Waals surface area contributed by atoms with Crippen molar-refractivity contribution >= 4 is 50.8 Å². The Kier molecular flexibility index (Phi) is 6.43. The number of esters is 2. The van der Waals surface area contributed by atoms with Gasteiger partial charge in [-0.2, -0.15) is 0 Å². The second-order valence-electron chi connectivity index (χ2n) is 6.66. The van der Waals surface area contributed by atoms with Gasteiger partial charge in [0.1, 0.15) is 0 Å². The third kappa shape index (κ3) is 3.59. The van der Waals surface area contributed by atoms with Gasteiger partial charge in [0.25, 0.3) is 5.54 Å². The molecule has 1 aliphatic heterocycles. The Labute approximate surface area is 181 Å². The summed E-state index contributed by atoms with van der Waals surface area (Å²) in [6, 6.07) is 9.04. The number of hydrogen-bond acceptors (Lipinski definition) is 6. The predicted octanol–water partition coefficient (Wildman–Crippen LogP) is 4.20. The molecular formula is C21H22BrNO5S. The molecule has 1 amide bonds. The first kappa shape index (κ1) is 21.5. The number of carbonyl (C=O) groups excluding carboxylic acids is 3. The first-order valence-corrected chi connectivity index (χ1v) is 11.0. The molecule has 1 unspecified atom stereocenters. The average Bonchev–Trinajstić information content (AvgIpc) is 3.29. The highest BCUT2D eigenvalue weighted by atomic mass is 79.9. The minimum absolute atomic E-state index is 0.00153. The van der Waals surface area contributed by atoms with Crippen LogP contribution in [0.25, 0.3) is 0 Å². The fourth-order valence-electron chi connectivity index (χ4n) is 3.71. The van der Waals surface area contributed by atoms with Gasteiger partial charge < -0.3 is 9.47 Å². The minimum Gasteiger partial charge on any atom is -0.464 e. The maximum absolute atomic E-state index is 13.4. The molecule has 2 heterocycles. The Morgan fingerprint density at radius 1 is 1.21 bits per heavy atom. The number of nitrogens with zero attached hydrogens (tertiary/aromatic N) is 1. The summed E-state index contributed by atoms with van der Waals surface area (Å²) in [4.78, 5) is 42.0. The van der Waals surface area contributed by atoms with Crippen LogP contribution in [0.2, 0.25) is 0 Å². The van der Waals surface area contributed by atoms with Gasteiger partial charge in [-0.05, 0) is 65.8 Å². The number of halogens is 1. The van der Waals surface area contributed by atoms with Gasteiger partial charge in [-0.25, -0.2) is 9.59 Å². The van der Waals surface area contributed by atoms with Gasteiger partial charge in [0.15, 0.2) is 0 Å². The molecule has 0 N–H and O–H groups in total. The maximum Gasteiger partial charge on any atom is 0.344 e. The Morgan fingerprint density at radius 3 is 2.38 bits per heavy atom. The predicted molar refractivity (Wildman–Crippen MR) is 114 cm³/mol. The van der Waals surface area contributed by atoms with Crippen molar-refractivity contribution in [3.8, 4) is 0 Å². The summed E-state index contributed by atoms with van der Waals surface area (Å²) in [7, 11) is 0. The van der Waals surface area contributed by atoms with E-state index in [9.17, 15) is 14.4 Å². The molecule has 1 atom stereocenters. The van der Waals surface area contributed by atoms with Crippen molar-refractivity contribution in [2.45, 2.75) is 38.6 Å². The number of carbonyl (C=O) groups is 3. The van der Waals surface area contributed by atoms with Crippen molar-refractivity contribution in [1.82, 2.24) is 0 Å². The molecule has 0 saturated carbocycles. The molecular weight excluding hydrogens is 458 g/mol. The van der Waals surface area contributed by atoms with Crippen LogP contribution >= 0.6 is 27.3 Å². The van der Waals surface area contributed by atoms with Crippen LogP contribution in [0, 0.1) is 6.92 Å². The smallest absolute Gasteiger partial charge is 0.344 e. The highest BCUT2D eigenvalue weighted by Crippen LogP contribution is 2.49. The number of ether oxygens (including phenoxy) is 2. The number of thiophene rings is 1. The third-order valence-corrected chi connectivity index (χ3v) is 6.51. The lowest BCUT2D eigenvalue weighted by molar-refractivity contribution is -0.164. The third-order valence-electron chi connectivity index (χ3n) is 4.89. The first-order chi connectivity index (χ1) is 13.9. The molecule has 1 fully saturated rings. The summed E-state index contributed by atoms with van der Waals surface area (Å²) in [6.45, 7) is 5.40. The molecule has 0 radical (unpaired) electrons. The number of aryl methyl sites for hydroxylation is 1. The van der Waals surface area contributed by atoms with Crippen molar-refractivity contribution in [1.29, 1.82) is 0 Å². The van der Waals surface area contributed by atoms with Gasteiger partial charge in [-0.15, -0.1) is 11.3 Å². The molecule has 1 saturated heterocycles. The van der Waals surface area contributed by atoms with E-state index < -0.39 is 23.4 Å². The SMILES string of the molecule is CCOC(=O)C1(C(=O)OCC)C(c2cccs2)CC(=O)N1c1ccc(C)cc1Br. The van der Waals surface area contributed by atoms with Gasteiger partial charge in [0.2, 0.25) is 5.91 Å². The van der Waals surface area contributed by atoms with Gasteiger partial charge in [-0.1, -0.05) is 12.1 Å². The largest absolute Gasteiger partial charge is 0.464 e. The van der Waals surface area contributed by atoms with E-state index in [2.05, 4.69) is 15.9 Å². The Hall–Kier alpha value is -2.19. The highest BCUT2D eigenvalue weighted by Gasteiger charge is 2.67. The lowest BCUT2D eigenvalue weighted by Gasteiger charge is -2.37. The fraction of sp³-hybridized carbons (Fsp3) is 0.381. The zero-order valence-electron chi connectivity index (χ0n) is 16.4. The second-order valence-corrected chi connectivity index (χ2v) is 8.50. The number of hydrogen-bond donors (Lipinski definition) is 0. The minimum atomic E-state index is -1.92. The van der Waals surface area contributed by atoms with Gasteiger partial charge in [0.05, 0.1) is 18.9 Å². The molecule has 0 bridgehead atoms. The van der Waals surface area contributed by atoms with E-state index in [1.54, 1.807) is 19.9 Å². The van der Waals surface area contributed by atoms with Gasteiger partial charge in [-0.3, -0.25) is 9.69 Å². The lowest BCUT2D eigenvalue weighted by atomic mass is 9.83. The first-order valence-electron chi connectivity index (χ1n) is 9.34. The quantitative estimate of drug-likeness (QED) is 0.458. The Balaban J connectivity index is 2.29. The Morgan fingerprint density at radius 2 is 1.86 bits per heavy atom. The standard InChI is InChI=1S/C21H22BrNO5S/c1-4-27-19(25)21(20(26)28-5-2)14(17-7-6-10-29-17)12-18(24)23(21)16-9-8-13(3)11-15(16)22/h6-11,14H,4-5,12H2,1-3H3. The number of amides is 1. The van der Waals surface area contributed by atoms with Crippen molar-refractivity contribution in [2.75, 3.05) is 18.1 Å². The van der Waals surface area contributed by atoms with Crippen molar-refractivity contribution < 1.29 is 23.9 Å². The van der Waals surface area contributed by atoms with Crippen molar-refractivity contribution in [3.63, 3.8) is 0 Å². The summed E-state index contributed by atoms with van der Waals surface area (Å²) in [5, 5.41) is 1.85. The van der Waals surface area contributed by atoms with Crippen LogP contribution in [0.4, 0.5) is 5.69 Å². The maximum atomic E-state index is 13.4. The molecule has 1 aromatic heterocycles. The molecule has 0 aliphatic carbocycles. The van der Waals surface area contributed by atoms with E-state index in [1.807, 2.05) is 36.6 Å². The molecule has 8 heteroatoms.